The minimum Gasteiger partial charge on any atom is -0.378 e. The average Bonchev–Trinajstić information content (AvgIpc) is 2.47. The number of H-pyrrole nitrogens is 1. The molecule has 0 atom stereocenters. The topological polar surface area (TPSA) is 87.3 Å². The lowest BCUT2D eigenvalue weighted by atomic mass is 10.2. The third kappa shape index (κ3) is 2.87. The number of carbonyl (C=O) groups is 1. The maximum atomic E-state index is 12.1. The lowest BCUT2D eigenvalue weighted by Crippen LogP contribution is -2.38. The van der Waals surface area contributed by atoms with Crippen molar-refractivity contribution in [2.24, 2.45) is 0 Å². The molecule has 7 nitrogen and oxygen atoms in total. The lowest BCUT2D eigenvalue weighted by Gasteiger charge is -2.27. The monoisotopic (exact) mass is 288 g/mol. The Morgan fingerprint density at radius 1 is 1.38 bits per heavy atom. The molecule has 0 radical (unpaired) electrons. The predicted octanol–water partition coefficient (Wildman–Crippen LogP) is 0.718. The molecule has 1 aromatic heterocycles. The van der Waals surface area contributed by atoms with E-state index in [1.165, 1.54) is 6.92 Å². The van der Waals surface area contributed by atoms with Gasteiger partial charge < -0.3 is 15.0 Å². The summed E-state index contributed by atoms with van der Waals surface area (Å²) in [6, 6.07) is 5.06. The first-order chi connectivity index (χ1) is 10.1. The molecular formula is C14H16N4O3. The standard InChI is InChI=1S/C14H16N4O3/c1-9(19)15-10-2-3-11-12(8-10)16-14(17-13(11)20)18-4-6-21-7-5-18/h2-3,8H,4-7H2,1H3,(H,15,19)(H,16,17,20). The maximum Gasteiger partial charge on any atom is 0.260 e. The molecule has 21 heavy (non-hydrogen) atoms. The molecule has 3 rings (SSSR count). The number of benzene rings is 1. The third-order valence-corrected chi connectivity index (χ3v) is 3.33. The summed E-state index contributed by atoms with van der Waals surface area (Å²) < 4.78 is 5.29. The zero-order valence-electron chi connectivity index (χ0n) is 11.7. The molecule has 1 amide bonds. The number of rotatable bonds is 2. The van der Waals surface area contributed by atoms with Gasteiger partial charge in [0.1, 0.15) is 0 Å². The number of aromatic amines is 1. The van der Waals surface area contributed by atoms with Crippen LogP contribution in [0.2, 0.25) is 0 Å². The smallest absolute Gasteiger partial charge is 0.260 e. The van der Waals surface area contributed by atoms with Crippen molar-refractivity contribution in [2.75, 3.05) is 36.5 Å². The molecule has 2 aromatic rings. The molecule has 110 valence electrons. The largest absolute Gasteiger partial charge is 0.378 e. The van der Waals surface area contributed by atoms with Gasteiger partial charge in [0.2, 0.25) is 11.9 Å². The first kappa shape index (κ1) is 13.6. The molecular weight excluding hydrogens is 272 g/mol. The molecule has 2 N–H and O–H groups in total. The maximum absolute atomic E-state index is 12.1. The SMILES string of the molecule is CC(=O)Nc1ccc2c(=O)[nH]c(N3CCOCC3)nc2c1. The minimum atomic E-state index is -0.184. The molecule has 0 saturated carbocycles. The number of aromatic nitrogens is 2. The lowest BCUT2D eigenvalue weighted by molar-refractivity contribution is -0.114. The van der Waals surface area contributed by atoms with E-state index in [0.29, 0.717) is 48.8 Å². The number of morpholine rings is 1. The van der Waals surface area contributed by atoms with E-state index in [1.54, 1.807) is 18.2 Å². The summed E-state index contributed by atoms with van der Waals surface area (Å²) in [5.74, 6) is 0.378. The Morgan fingerprint density at radius 2 is 2.14 bits per heavy atom. The van der Waals surface area contributed by atoms with Crippen LogP contribution >= 0.6 is 0 Å². The van der Waals surface area contributed by atoms with Gasteiger partial charge in [-0.15, -0.1) is 0 Å². The van der Waals surface area contributed by atoms with Gasteiger partial charge in [0, 0.05) is 25.7 Å². The van der Waals surface area contributed by atoms with Gasteiger partial charge in [-0.2, -0.15) is 0 Å². The molecule has 1 saturated heterocycles. The van der Waals surface area contributed by atoms with Crippen LogP contribution in [0.5, 0.6) is 0 Å². The molecule has 7 heteroatoms. The van der Waals surface area contributed by atoms with Gasteiger partial charge in [0.15, 0.2) is 0 Å². The van der Waals surface area contributed by atoms with Crippen molar-refractivity contribution in [3.8, 4) is 0 Å². The Kier molecular flexibility index (Phi) is 3.57. The van der Waals surface area contributed by atoms with Gasteiger partial charge >= 0.3 is 0 Å². The fourth-order valence-electron chi connectivity index (χ4n) is 2.33. The van der Waals surface area contributed by atoms with Crippen LogP contribution < -0.4 is 15.8 Å². The van der Waals surface area contributed by atoms with Gasteiger partial charge in [-0.25, -0.2) is 4.98 Å². The van der Waals surface area contributed by atoms with Gasteiger partial charge in [0.05, 0.1) is 24.1 Å². The van der Waals surface area contributed by atoms with Crippen LogP contribution in [-0.2, 0) is 9.53 Å². The molecule has 2 heterocycles. The number of nitrogens with one attached hydrogen (secondary N) is 2. The van der Waals surface area contributed by atoms with E-state index in [-0.39, 0.29) is 11.5 Å². The van der Waals surface area contributed by atoms with Crippen molar-refractivity contribution in [3.05, 3.63) is 28.6 Å². The number of nitrogens with zero attached hydrogens (tertiary/aromatic N) is 2. The molecule has 0 unspecified atom stereocenters. The summed E-state index contributed by atoms with van der Waals surface area (Å²) in [5.41, 5.74) is 1.00. The van der Waals surface area contributed by atoms with Crippen LogP contribution in [0, 0.1) is 0 Å². The number of anilines is 2. The highest BCUT2D eigenvalue weighted by Gasteiger charge is 2.15. The number of amides is 1. The highest BCUT2D eigenvalue weighted by atomic mass is 16.5. The number of carbonyl (C=O) groups excluding carboxylic acids is 1. The molecule has 1 aromatic carbocycles. The summed E-state index contributed by atoms with van der Waals surface area (Å²) in [6.07, 6.45) is 0. The van der Waals surface area contributed by atoms with Gasteiger partial charge in [-0.05, 0) is 18.2 Å². The summed E-state index contributed by atoms with van der Waals surface area (Å²) in [4.78, 5) is 32.5. The second-order valence-corrected chi connectivity index (χ2v) is 4.90. The van der Waals surface area contributed by atoms with Gasteiger partial charge in [0.25, 0.3) is 5.56 Å². The Morgan fingerprint density at radius 3 is 2.86 bits per heavy atom. The first-order valence-corrected chi connectivity index (χ1v) is 6.78. The van der Waals surface area contributed by atoms with E-state index >= 15 is 0 Å². The van der Waals surface area contributed by atoms with Crippen LogP contribution in [-0.4, -0.2) is 42.2 Å². The normalized spacial score (nSPS) is 15.2. The Balaban J connectivity index is 2.03. The quantitative estimate of drug-likeness (QED) is 0.850. The molecule has 0 spiro atoms. The van der Waals surface area contributed by atoms with Crippen molar-refractivity contribution in [1.82, 2.24) is 9.97 Å². The Bertz CT molecular complexity index is 735. The molecule has 1 aliphatic heterocycles. The number of fused-ring (bicyclic) bond motifs is 1. The van der Waals surface area contributed by atoms with Crippen LogP contribution in [0.15, 0.2) is 23.0 Å². The van der Waals surface area contributed by atoms with Crippen LogP contribution in [0.3, 0.4) is 0 Å². The summed E-state index contributed by atoms with van der Waals surface area (Å²) in [5, 5.41) is 3.19. The van der Waals surface area contributed by atoms with Crippen molar-refractivity contribution in [1.29, 1.82) is 0 Å². The summed E-state index contributed by atoms with van der Waals surface area (Å²) in [6.45, 7) is 4.07. The zero-order valence-corrected chi connectivity index (χ0v) is 11.7. The molecule has 1 aliphatic rings. The van der Waals surface area contributed by atoms with Crippen molar-refractivity contribution < 1.29 is 9.53 Å². The molecule has 0 bridgehead atoms. The number of hydrogen-bond donors (Lipinski definition) is 2. The highest BCUT2D eigenvalue weighted by molar-refractivity contribution is 5.92. The van der Waals surface area contributed by atoms with Crippen LogP contribution in [0.25, 0.3) is 10.9 Å². The highest BCUT2D eigenvalue weighted by Crippen LogP contribution is 2.17. The van der Waals surface area contributed by atoms with E-state index < -0.39 is 0 Å². The zero-order chi connectivity index (χ0) is 14.8. The van der Waals surface area contributed by atoms with E-state index in [1.807, 2.05) is 4.90 Å². The van der Waals surface area contributed by atoms with E-state index in [4.69, 9.17) is 4.74 Å². The minimum absolute atomic E-state index is 0.160. The van der Waals surface area contributed by atoms with Crippen LogP contribution in [0.1, 0.15) is 6.92 Å². The second-order valence-electron chi connectivity index (χ2n) is 4.90. The van der Waals surface area contributed by atoms with E-state index in [0.717, 1.165) is 0 Å². The van der Waals surface area contributed by atoms with Crippen molar-refractivity contribution >= 4 is 28.4 Å². The first-order valence-electron chi connectivity index (χ1n) is 6.78. The molecule has 0 aliphatic carbocycles. The average molecular weight is 288 g/mol. The summed E-state index contributed by atoms with van der Waals surface area (Å²) >= 11 is 0. The fourth-order valence-corrected chi connectivity index (χ4v) is 2.33. The Hall–Kier alpha value is -2.41. The van der Waals surface area contributed by atoms with Crippen molar-refractivity contribution in [2.45, 2.75) is 6.92 Å². The van der Waals surface area contributed by atoms with E-state index in [2.05, 4.69) is 15.3 Å². The van der Waals surface area contributed by atoms with Gasteiger partial charge in [-0.1, -0.05) is 0 Å². The molecule has 1 fully saturated rings. The number of hydrogen-bond acceptors (Lipinski definition) is 5. The van der Waals surface area contributed by atoms with Gasteiger partial charge in [-0.3, -0.25) is 14.6 Å². The number of ether oxygens (including phenoxy) is 1. The van der Waals surface area contributed by atoms with E-state index in [9.17, 15) is 9.59 Å². The second kappa shape index (κ2) is 5.53. The summed E-state index contributed by atoms with van der Waals surface area (Å²) in [7, 11) is 0. The predicted molar refractivity (Wildman–Crippen MR) is 79.7 cm³/mol. The van der Waals surface area contributed by atoms with Crippen LogP contribution in [0.4, 0.5) is 11.6 Å². The fraction of sp³-hybridized carbons (Fsp3) is 0.357. The van der Waals surface area contributed by atoms with Crippen molar-refractivity contribution in [3.63, 3.8) is 0 Å². The Labute approximate surface area is 120 Å². The third-order valence-electron chi connectivity index (χ3n) is 3.33.